The Kier molecular flexibility index (Phi) is 3.73. The molecule has 1 aliphatic rings. The number of hydrogen-bond donors (Lipinski definition) is 1. The van der Waals surface area contributed by atoms with Gasteiger partial charge in [0.15, 0.2) is 12.5 Å². The Morgan fingerprint density at radius 1 is 1.69 bits per heavy atom. The predicted molar refractivity (Wildman–Crippen MR) is 50.7 cm³/mol. The highest BCUT2D eigenvalue weighted by molar-refractivity contribution is 5.83. The fraction of sp³-hybridized carbons (Fsp3) is 0.778. The van der Waals surface area contributed by atoms with Gasteiger partial charge in [-0.1, -0.05) is 13.3 Å². The molecule has 0 aromatic carbocycles. The van der Waals surface area contributed by atoms with Crippen molar-refractivity contribution in [2.75, 3.05) is 6.54 Å². The Balaban J connectivity index is 2.23. The highest BCUT2D eigenvalue weighted by Gasteiger charge is 2.28. The smallest absolute Gasteiger partial charge is 0.263 e. The molecule has 2 unspecified atom stereocenters. The number of unbranched alkanes of at least 4 members (excludes halogenated alkanes) is 1. The lowest BCUT2D eigenvalue weighted by Gasteiger charge is -2.13. The maximum atomic E-state index is 11.4. The van der Waals surface area contributed by atoms with Crippen LogP contribution in [0.2, 0.25) is 0 Å². The molecule has 1 rings (SSSR count). The lowest BCUT2D eigenvalue weighted by atomic mass is 10.2. The number of aliphatic imine (C=N–C) groups is 1. The van der Waals surface area contributed by atoms with E-state index in [-0.39, 0.29) is 11.9 Å². The van der Waals surface area contributed by atoms with Crippen LogP contribution >= 0.6 is 0 Å². The van der Waals surface area contributed by atoms with Gasteiger partial charge in [-0.25, -0.2) is 0 Å². The molecule has 4 nitrogen and oxygen atoms in total. The van der Waals surface area contributed by atoms with Crippen molar-refractivity contribution in [1.82, 2.24) is 5.32 Å². The van der Waals surface area contributed by atoms with Crippen LogP contribution in [0, 0.1) is 0 Å². The first-order valence-electron chi connectivity index (χ1n) is 4.70. The molecule has 2 atom stereocenters. The van der Waals surface area contributed by atoms with E-state index in [9.17, 15) is 4.79 Å². The number of carbonyl (C=O) groups is 1. The zero-order chi connectivity index (χ0) is 9.68. The first-order valence-corrected chi connectivity index (χ1v) is 4.70. The van der Waals surface area contributed by atoms with Crippen molar-refractivity contribution in [1.29, 1.82) is 0 Å². The summed E-state index contributed by atoms with van der Waals surface area (Å²) < 4.78 is 5.05. The van der Waals surface area contributed by atoms with Crippen molar-refractivity contribution in [3.63, 3.8) is 0 Å². The molecule has 0 fully saturated rings. The summed E-state index contributed by atoms with van der Waals surface area (Å²) in [5.41, 5.74) is 0. The van der Waals surface area contributed by atoms with Gasteiger partial charge in [0, 0.05) is 6.54 Å². The molecule has 0 radical (unpaired) electrons. The zero-order valence-corrected chi connectivity index (χ0v) is 8.12. The molecular formula is C9H16N2O2. The number of carbonyl (C=O) groups excluding carboxylic acids is 1. The Hall–Kier alpha value is -1.06. The van der Waals surface area contributed by atoms with Gasteiger partial charge < -0.3 is 10.1 Å². The van der Waals surface area contributed by atoms with Gasteiger partial charge in [0.05, 0.1) is 6.04 Å². The van der Waals surface area contributed by atoms with E-state index in [4.69, 9.17) is 4.74 Å². The van der Waals surface area contributed by atoms with Crippen molar-refractivity contribution >= 4 is 12.3 Å². The van der Waals surface area contributed by atoms with Gasteiger partial charge in [-0.05, 0) is 13.3 Å². The van der Waals surface area contributed by atoms with Gasteiger partial charge in [0.25, 0.3) is 5.91 Å². The molecule has 0 spiro atoms. The van der Waals surface area contributed by atoms with E-state index < -0.39 is 6.10 Å². The largest absolute Gasteiger partial charge is 0.468 e. The zero-order valence-electron chi connectivity index (χ0n) is 8.12. The van der Waals surface area contributed by atoms with E-state index in [0.717, 1.165) is 19.4 Å². The molecule has 0 bridgehead atoms. The third kappa shape index (κ3) is 2.72. The molecule has 0 aromatic heterocycles. The first kappa shape index (κ1) is 10.0. The maximum Gasteiger partial charge on any atom is 0.263 e. The summed E-state index contributed by atoms with van der Waals surface area (Å²) in [6, 6.07) is -0.0540. The third-order valence-corrected chi connectivity index (χ3v) is 2.03. The van der Waals surface area contributed by atoms with Gasteiger partial charge in [0.2, 0.25) is 0 Å². The van der Waals surface area contributed by atoms with E-state index >= 15 is 0 Å². The van der Waals surface area contributed by atoms with Gasteiger partial charge in [-0.15, -0.1) is 0 Å². The monoisotopic (exact) mass is 184 g/mol. The average Bonchev–Trinajstić information content (AvgIpc) is 2.52. The van der Waals surface area contributed by atoms with E-state index in [1.807, 2.05) is 6.92 Å². The van der Waals surface area contributed by atoms with Crippen LogP contribution < -0.4 is 5.32 Å². The van der Waals surface area contributed by atoms with Crippen LogP contribution in [-0.4, -0.2) is 31.0 Å². The number of amides is 1. The second kappa shape index (κ2) is 4.84. The van der Waals surface area contributed by atoms with E-state index in [1.54, 1.807) is 0 Å². The number of rotatable bonds is 4. The summed E-state index contributed by atoms with van der Waals surface area (Å²) >= 11 is 0. The standard InChI is InChI=1S/C9H16N2O2/c1-3-4-5-10-9(12)8-7(2)11-6-13-8/h6-8H,3-5H2,1-2H3,(H,10,12). The number of ether oxygens (including phenoxy) is 1. The SMILES string of the molecule is CCCCNC(=O)C1OC=NC1C. The van der Waals surface area contributed by atoms with Crippen molar-refractivity contribution in [3.8, 4) is 0 Å². The van der Waals surface area contributed by atoms with Crippen molar-refractivity contribution in [3.05, 3.63) is 0 Å². The number of nitrogens with one attached hydrogen (secondary N) is 1. The van der Waals surface area contributed by atoms with Crippen molar-refractivity contribution < 1.29 is 9.53 Å². The quantitative estimate of drug-likeness (QED) is 0.654. The summed E-state index contributed by atoms with van der Waals surface area (Å²) in [6.07, 6.45) is 3.03. The second-order valence-electron chi connectivity index (χ2n) is 3.20. The summed E-state index contributed by atoms with van der Waals surface area (Å²) in [7, 11) is 0. The molecule has 0 saturated carbocycles. The minimum atomic E-state index is -0.420. The number of hydrogen-bond acceptors (Lipinski definition) is 3. The fourth-order valence-corrected chi connectivity index (χ4v) is 1.16. The summed E-state index contributed by atoms with van der Waals surface area (Å²) in [5.74, 6) is -0.0570. The molecule has 0 saturated heterocycles. The molecule has 1 heterocycles. The molecule has 0 aromatic rings. The van der Waals surface area contributed by atoms with Crippen LogP contribution in [0.1, 0.15) is 26.7 Å². The minimum absolute atomic E-state index is 0.0540. The lowest BCUT2D eigenvalue weighted by molar-refractivity contribution is -0.128. The molecule has 1 aliphatic heterocycles. The Morgan fingerprint density at radius 3 is 3.00 bits per heavy atom. The van der Waals surface area contributed by atoms with Crippen molar-refractivity contribution in [2.24, 2.45) is 4.99 Å². The summed E-state index contributed by atoms with van der Waals surface area (Å²) in [6.45, 7) is 4.68. The van der Waals surface area contributed by atoms with E-state index in [2.05, 4.69) is 17.2 Å². The van der Waals surface area contributed by atoms with Gasteiger partial charge >= 0.3 is 0 Å². The predicted octanol–water partition coefficient (Wildman–Crippen LogP) is 0.718. The summed E-state index contributed by atoms with van der Waals surface area (Å²) in [5, 5.41) is 2.81. The fourth-order valence-electron chi connectivity index (χ4n) is 1.16. The highest BCUT2D eigenvalue weighted by Crippen LogP contribution is 2.08. The van der Waals surface area contributed by atoms with E-state index in [0.29, 0.717) is 0 Å². The molecule has 13 heavy (non-hydrogen) atoms. The first-order chi connectivity index (χ1) is 6.25. The molecule has 74 valence electrons. The Morgan fingerprint density at radius 2 is 2.46 bits per heavy atom. The van der Waals surface area contributed by atoms with Crippen LogP contribution in [0.3, 0.4) is 0 Å². The third-order valence-electron chi connectivity index (χ3n) is 2.03. The normalized spacial score (nSPS) is 25.7. The van der Waals surface area contributed by atoms with Crippen molar-refractivity contribution in [2.45, 2.75) is 38.8 Å². The summed E-state index contributed by atoms with van der Waals surface area (Å²) in [4.78, 5) is 15.4. The van der Waals surface area contributed by atoms with Crippen LogP contribution in [-0.2, 0) is 9.53 Å². The maximum absolute atomic E-state index is 11.4. The van der Waals surface area contributed by atoms with E-state index in [1.165, 1.54) is 6.40 Å². The second-order valence-corrected chi connectivity index (χ2v) is 3.20. The van der Waals surface area contributed by atoms with Crippen LogP contribution in [0.25, 0.3) is 0 Å². The van der Waals surface area contributed by atoms with Gasteiger partial charge in [0.1, 0.15) is 0 Å². The van der Waals surface area contributed by atoms with Crippen LogP contribution in [0.5, 0.6) is 0 Å². The van der Waals surface area contributed by atoms with Gasteiger partial charge in [-0.3, -0.25) is 9.79 Å². The molecular weight excluding hydrogens is 168 g/mol. The molecule has 4 heteroatoms. The van der Waals surface area contributed by atoms with Crippen LogP contribution in [0.15, 0.2) is 4.99 Å². The topological polar surface area (TPSA) is 50.7 Å². The minimum Gasteiger partial charge on any atom is -0.468 e. The average molecular weight is 184 g/mol. The lowest BCUT2D eigenvalue weighted by Crippen LogP contribution is -2.39. The molecule has 1 N–H and O–H groups in total. The highest BCUT2D eigenvalue weighted by atomic mass is 16.5. The Labute approximate surface area is 78.4 Å². The van der Waals surface area contributed by atoms with Crippen LogP contribution in [0.4, 0.5) is 0 Å². The molecule has 0 aliphatic carbocycles. The number of nitrogens with zero attached hydrogens (tertiary/aromatic N) is 1. The van der Waals surface area contributed by atoms with Gasteiger partial charge in [-0.2, -0.15) is 0 Å². The Bertz CT molecular complexity index is 204. The molecule has 1 amide bonds.